The van der Waals surface area contributed by atoms with E-state index in [9.17, 15) is 9.59 Å². The number of hydrogen-bond donors (Lipinski definition) is 2. The minimum atomic E-state index is -0.268. The Kier molecular flexibility index (Phi) is 2.99. The molecule has 2 N–H and O–H groups in total. The molecule has 2 aliphatic rings. The van der Waals surface area contributed by atoms with Crippen LogP contribution in [0.5, 0.6) is 0 Å². The lowest BCUT2D eigenvalue weighted by molar-refractivity contribution is -0.110. The zero-order valence-corrected chi connectivity index (χ0v) is 14.2. The van der Waals surface area contributed by atoms with Gasteiger partial charge < -0.3 is 10.6 Å². The van der Waals surface area contributed by atoms with Crippen LogP contribution in [0.4, 0.5) is 11.4 Å². The van der Waals surface area contributed by atoms with Crippen LogP contribution < -0.4 is 10.6 Å². The van der Waals surface area contributed by atoms with Crippen molar-refractivity contribution in [3.05, 3.63) is 62.2 Å². The summed E-state index contributed by atoms with van der Waals surface area (Å²) >= 11 is 6.76. The highest BCUT2D eigenvalue weighted by atomic mass is 79.9. The zero-order valence-electron chi connectivity index (χ0n) is 11.0. The van der Waals surface area contributed by atoms with Gasteiger partial charge in [-0.05, 0) is 30.3 Å². The summed E-state index contributed by atoms with van der Waals surface area (Å²) in [5, 5.41) is 5.88. The third-order valence-corrected chi connectivity index (χ3v) is 4.68. The number of hydrogen-bond acceptors (Lipinski definition) is 3. The topological polar surface area (TPSA) is 58.2 Å². The summed E-state index contributed by atoms with van der Waals surface area (Å²) in [5.41, 5.74) is 3.43. The first kappa shape index (κ1) is 13.7. The van der Waals surface area contributed by atoms with E-state index >= 15 is 0 Å². The number of fused-ring (bicyclic) bond motifs is 2. The van der Waals surface area contributed by atoms with E-state index in [1.807, 2.05) is 30.3 Å². The van der Waals surface area contributed by atoms with Crippen molar-refractivity contribution in [1.29, 1.82) is 0 Å². The van der Waals surface area contributed by atoms with Crippen LogP contribution in [0.1, 0.15) is 15.9 Å². The largest absolute Gasteiger partial charge is 0.351 e. The maximum atomic E-state index is 12.6. The summed E-state index contributed by atoms with van der Waals surface area (Å²) in [4.78, 5) is 24.9. The molecule has 1 amide bonds. The lowest BCUT2D eigenvalue weighted by atomic mass is 10.0. The maximum absolute atomic E-state index is 12.6. The van der Waals surface area contributed by atoms with Gasteiger partial charge in [-0.3, -0.25) is 9.59 Å². The van der Waals surface area contributed by atoms with Crippen molar-refractivity contribution in [1.82, 2.24) is 0 Å². The smallest absolute Gasteiger partial charge is 0.258 e. The van der Waals surface area contributed by atoms with Crippen LogP contribution in [0.25, 0.3) is 5.57 Å². The van der Waals surface area contributed by atoms with Gasteiger partial charge in [0.05, 0.1) is 16.9 Å². The second-order valence-corrected chi connectivity index (χ2v) is 6.87. The van der Waals surface area contributed by atoms with Crippen LogP contribution >= 0.6 is 31.9 Å². The van der Waals surface area contributed by atoms with E-state index in [1.165, 1.54) is 0 Å². The molecule has 0 radical (unpaired) electrons. The molecule has 0 aliphatic carbocycles. The van der Waals surface area contributed by atoms with Crippen LogP contribution in [0.3, 0.4) is 0 Å². The van der Waals surface area contributed by atoms with Gasteiger partial charge in [0.2, 0.25) is 5.78 Å². The molecule has 2 aromatic carbocycles. The second kappa shape index (κ2) is 4.79. The summed E-state index contributed by atoms with van der Waals surface area (Å²) < 4.78 is 1.74. The van der Waals surface area contributed by atoms with Gasteiger partial charge in [-0.15, -0.1) is 0 Å². The number of ketones is 1. The van der Waals surface area contributed by atoms with Crippen molar-refractivity contribution >= 4 is 60.5 Å². The number of carbonyl (C=O) groups is 2. The summed E-state index contributed by atoms with van der Waals surface area (Å²) in [7, 11) is 0. The molecule has 6 heteroatoms. The highest BCUT2D eigenvalue weighted by Crippen LogP contribution is 2.40. The highest BCUT2D eigenvalue weighted by molar-refractivity contribution is 9.10. The van der Waals surface area contributed by atoms with E-state index in [2.05, 4.69) is 42.5 Å². The van der Waals surface area contributed by atoms with Crippen molar-refractivity contribution in [2.75, 3.05) is 10.6 Å². The Morgan fingerprint density at radius 2 is 1.36 bits per heavy atom. The van der Waals surface area contributed by atoms with E-state index in [1.54, 1.807) is 6.07 Å². The predicted molar refractivity (Wildman–Crippen MR) is 91.8 cm³/mol. The molecule has 0 unspecified atom stereocenters. The zero-order chi connectivity index (χ0) is 15.4. The molecule has 2 aliphatic heterocycles. The molecule has 2 heterocycles. The van der Waals surface area contributed by atoms with Crippen molar-refractivity contribution in [2.24, 2.45) is 0 Å². The third kappa shape index (κ3) is 1.94. The highest BCUT2D eigenvalue weighted by Gasteiger charge is 2.34. The van der Waals surface area contributed by atoms with Crippen LogP contribution in [0, 0.1) is 0 Å². The molecule has 4 nitrogen and oxygen atoms in total. The molecule has 4 rings (SSSR count). The summed E-state index contributed by atoms with van der Waals surface area (Å²) in [6, 6.07) is 10.9. The van der Waals surface area contributed by atoms with Gasteiger partial charge in [0, 0.05) is 20.1 Å². The van der Waals surface area contributed by atoms with Gasteiger partial charge in [0.1, 0.15) is 5.70 Å². The van der Waals surface area contributed by atoms with Gasteiger partial charge in [-0.2, -0.15) is 0 Å². The van der Waals surface area contributed by atoms with Gasteiger partial charge in [-0.25, -0.2) is 0 Å². The minimum absolute atomic E-state index is 0.164. The normalized spacial score (nSPS) is 18.8. The number of benzene rings is 2. The van der Waals surface area contributed by atoms with Crippen LogP contribution in [0.2, 0.25) is 0 Å². The van der Waals surface area contributed by atoms with E-state index < -0.39 is 0 Å². The average molecular weight is 420 g/mol. The van der Waals surface area contributed by atoms with Crippen LogP contribution in [-0.2, 0) is 4.79 Å². The van der Waals surface area contributed by atoms with E-state index in [4.69, 9.17) is 0 Å². The van der Waals surface area contributed by atoms with E-state index in [0.29, 0.717) is 28.2 Å². The van der Waals surface area contributed by atoms with E-state index in [0.717, 1.165) is 14.5 Å². The Hall–Kier alpha value is -1.92. The quantitative estimate of drug-likeness (QED) is 0.629. The fraction of sp³-hybridized carbons (Fsp3) is 0. The lowest BCUT2D eigenvalue weighted by Crippen LogP contribution is -2.11. The molecule has 0 saturated carbocycles. The number of Topliss-reactive ketones (excluding diaryl/α,β-unsaturated/α-hetero) is 1. The number of allylic oxidation sites excluding steroid dienone is 1. The Labute approximate surface area is 142 Å². The number of carbonyl (C=O) groups excluding carboxylic acids is 2. The molecule has 0 fully saturated rings. The van der Waals surface area contributed by atoms with Crippen LogP contribution in [-0.4, -0.2) is 11.7 Å². The van der Waals surface area contributed by atoms with E-state index in [-0.39, 0.29) is 11.7 Å². The predicted octanol–water partition coefficient (Wildman–Crippen LogP) is 4.18. The molecular formula is C16H8Br2N2O2. The minimum Gasteiger partial charge on any atom is -0.351 e. The summed E-state index contributed by atoms with van der Waals surface area (Å²) in [6.45, 7) is 0. The fourth-order valence-electron chi connectivity index (χ4n) is 2.71. The first-order chi connectivity index (χ1) is 10.5. The Morgan fingerprint density at radius 3 is 2.05 bits per heavy atom. The number of amides is 1. The molecular weight excluding hydrogens is 412 g/mol. The number of anilines is 2. The molecule has 0 aromatic heterocycles. The standard InChI is InChI=1S/C16H8Br2N2O2/c17-7-1-3-9-11(5-7)20-16(22)13(9)14-15(21)10-4-2-8(18)6-12(10)19-14/h1-6,19H,(H,20,22)/b14-13-. The molecule has 108 valence electrons. The lowest BCUT2D eigenvalue weighted by Gasteiger charge is -2.03. The molecule has 0 saturated heterocycles. The van der Waals surface area contributed by atoms with Gasteiger partial charge in [-0.1, -0.05) is 37.9 Å². The SMILES string of the molecule is O=C1Nc2cc(Br)ccc2/C1=C1/Nc2cc(Br)ccc2C1=O. The Balaban J connectivity index is 1.91. The molecule has 0 bridgehead atoms. The molecule has 0 spiro atoms. The summed E-state index contributed by atoms with van der Waals surface area (Å²) in [6.07, 6.45) is 0. The Morgan fingerprint density at radius 1 is 0.773 bits per heavy atom. The first-order valence-corrected chi connectivity index (χ1v) is 8.10. The average Bonchev–Trinajstić information content (AvgIpc) is 2.94. The van der Waals surface area contributed by atoms with Crippen molar-refractivity contribution in [3.8, 4) is 0 Å². The number of nitrogens with one attached hydrogen (secondary N) is 2. The number of halogens is 2. The molecule has 22 heavy (non-hydrogen) atoms. The third-order valence-electron chi connectivity index (χ3n) is 3.69. The van der Waals surface area contributed by atoms with Gasteiger partial charge in [0.15, 0.2) is 0 Å². The van der Waals surface area contributed by atoms with Crippen LogP contribution in [0.15, 0.2) is 51.0 Å². The van der Waals surface area contributed by atoms with Gasteiger partial charge >= 0.3 is 0 Å². The van der Waals surface area contributed by atoms with Crippen molar-refractivity contribution in [3.63, 3.8) is 0 Å². The van der Waals surface area contributed by atoms with Crippen molar-refractivity contribution < 1.29 is 9.59 Å². The second-order valence-electron chi connectivity index (χ2n) is 5.04. The monoisotopic (exact) mass is 418 g/mol. The number of rotatable bonds is 0. The van der Waals surface area contributed by atoms with Gasteiger partial charge in [0.25, 0.3) is 5.91 Å². The molecule has 2 aromatic rings. The van der Waals surface area contributed by atoms with Crippen molar-refractivity contribution in [2.45, 2.75) is 0 Å². The first-order valence-electron chi connectivity index (χ1n) is 6.51. The molecule has 0 atom stereocenters. The fourth-order valence-corrected chi connectivity index (χ4v) is 3.44. The Bertz CT molecular complexity index is 903. The summed E-state index contributed by atoms with van der Waals surface area (Å²) in [5.74, 6) is -0.431. The maximum Gasteiger partial charge on any atom is 0.258 e.